The summed E-state index contributed by atoms with van der Waals surface area (Å²) in [6, 6.07) is 16.7. The Labute approximate surface area is 179 Å². The van der Waals surface area contributed by atoms with Crippen molar-refractivity contribution >= 4 is 29.3 Å². The van der Waals surface area contributed by atoms with E-state index in [9.17, 15) is 9.59 Å². The van der Waals surface area contributed by atoms with E-state index in [0.717, 1.165) is 11.4 Å². The zero-order chi connectivity index (χ0) is 21.5. The lowest BCUT2D eigenvalue weighted by atomic mass is 10.1. The molecule has 0 spiro atoms. The molecule has 3 aromatic rings. The average molecular weight is 425 g/mol. The maximum atomic E-state index is 12.3. The summed E-state index contributed by atoms with van der Waals surface area (Å²) < 4.78 is 7.08. The second-order valence-corrected chi connectivity index (χ2v) is 7.93. The van der Waals surface area contributed by atoms with Crippen molar-refractivity contribution in [3.05, 3.63) is 71.5 Å². The number of ether oxygens (including phenoxy) is 1. The predicted molar refractivity (Wildman–Crippen MR) is 117 cm³/mol. The molecule has 8 heteroatoms. The molecule has 30 heavy (non-hydrogen) atoms. The van der Waals surface area contributed by atoms with Crippen LogP contribution in [0.2, 0.25) is 0 Å². The Hall–Kier alpha value is -3.13. The smallest absolute Gasteiger partial charge is 0.338 e. The fraction of sp³-hybridized carbons (Fsp3) is 0.273. The first-order valence-corrected chi connectivity index (χ1v) is 10.6. The van der Waals surface area contributed by atoms with E-state index in [0.29, 0.717) is 22.8 Å². The average Bonchev–Trinajstić information content (AvgIpc) is 3.06. The van der Waals surface area contributed by atoms with Crippen molar-refractivity contribution in [1.29, 1.82) is 0 Å². The van der Waals surface area contributed by atoms with Gasteiger partial charge in [0.25, 0.3) is 0 Å². The topological polar surface area (TPSA) is 86.1 Å². The number of thioether (sulfide) groups is 1. The number of nitrogens with zero attached hydrogens (tertiary/aromatic N) is 3. The van der Waals surface area contributed by atoms with Gasteiger partial charge in [-0.25, -0.2) is 4.79 Å². The molecule has 0 saturated heterocycles. The van der Waals surface area contributed by atoms with Crippen molar-refractivity contribution in [3.63, 3.8) is 0 Å². The van der Waals surface area contributed by atoms with Gasteiger partial charge in [-0.2, -0.15) is 0 Å². The van der Waals surface area contributed by atoms with Crippen LogP contribution in [0.5, 0.6) is 0 Å². The molecule has 0 atom stereocenters. The number of hydrogen-bond donors (Lipinski definition) is 1. The van der Waals surface area contributed by atoms with Crippen molar-refractivity contribution < 1.29 is 14.3 Å². The number of amides is 1. The molecule has 2 aromatic carbocycles. The van der Waals surface area contributed by atoms with Crippen LogP contribution in [0, 0.1) is 0 Å². The third kappa shape index (κ3) is 5.93. The maximum Gasteiger partial charge on any atom is 0.338 e. The molecule has 1 aromatic heterocycles. The maximum absolute atomic E-state index is 12.3. The molecule has 1 heterocycles. The highest BCUT2D eigenvalue weighted by molar-refractivity contribution is 7.99. The summed E-state index contributed by atoms with van der Waals surface area (Å²) >= 11 is 1.31. The third-order valence-electron chi connectivity index (χ3n) is 4.19. The largest absolute Gasteiger partial charge is 0.459 e. The van der Waals surface area contributed by atoms with Gasteiger partial charge in [-0.1, -0.05) is 48.2 Å². The first-order valence-electron chi connectivity index (χ1n) is 9.58. The van der Waals surface area contributed by atoms with E-state index >= 15 is 0 Å². The number of carbonyl (C=O) groups excluding carboxylic acids is 2. The molecule has 7 nitrogen and oxygen atoms in total. The third-order valence-corrected chi connectivity index (χ3v) is 5.21. The molecule has 1 N–H and O–H groups in total. The molecule has 0 aliphatic carbocycles. The number of rotatable bonds is 8. The number of hydrogen-bond acceptors (Lipinski definition) is 6. The van der Waals surface area contributed by atoms with Crippen molar-refractivity contribution in [2.24, 2.45) is 7.05 Å². The lowest BCUT2D eigenvalue weighted by molar-refractivity contribution is -0.113. The van der Waals surface area contributed by atoms with Crippen LogP contribution >= 0.6 is 11.8 Å². The van der Waals surface area contributed by atoms with E-state index in [1.165, 1.54) is 11.8 Å². The van der Waals surface area contributed by atoms with E-state index in [4.69, 9.17) is 4.74 Å². The number of aromatic nitrogens is 3. The number of esters is 1. The minimum Gasteiger partial charge on any atom is -0.459 e. The monoisotopic (exact) mass is 424 g/mol. The van der Waals surface area contributed by atoms with Crippen LogP contribution in [0.3, 0.4) is 0 Å². The Morgan fingerprint density at radius 1 is 1.10 bits per heavy atom. The number of nitrogens with one attached hydrogen (secondary N) is 1. The zero-order valence-electron chi connectivity index (χ0n) is 17.2. The second kappa shape index (κ2) is 10.1. The van der Waals surface area contributed by atoms with Crippen molar-refractivity contribution in [2.75, 3.05) is 11.1 Å². The van der Waals surface area contributed by atoms with Crippen molar-refractivity contribution in [2.45, 2.75) is 31.5 Å². The Bertz CT molecular complexity index is 1020. The van der Waals surface area contributed by atoms with Gasteiger partial charge in [0.15, 0.2) is 5.16 Å². The van der Waals surface area contributed by atoms with Gasteiger partial charge in [-0.15, -0.1) is 10.2 Å². The Morgan fingerprint density at radius 2 is 1.87 bits per heavy atom. The minimum absolute atomic E-state index is 0.179. The SMILES string of the molecule is CC(C)OC(=O)c1cccc(NC(=O)CSc2nnc(Cc3ccccc3)n2C)c1. The summed E-state index contributed by atoms with van der Waals surface area (Å²) in [5.41, 5.74) is 2.09. The van der Waals surface area contributed by atoms with Crippen molar-refractivity contribution in [1.82, 2.24) is 14.8 Å². The number of benzene rings is 2. The summed E-state index contributed by atoms with van der Waals surface area (Å²) in [5.74, 6) is 0.404. The highest BCUT2D eigenvalue weighted by atomic mass is 32.2. The van der Waals surface area contributed by atoms with Crippen LogP contribution in [0.25, 0.3) is 0 Å². The molecule has 156 valence electrons. The molecular weight excluding hydrogens is 400 g/mol. The molecule has 1 amide bonds. The highest BCUT2D eigenvalue weighted by Crippen LogP contribution is 2.18. The van der Waals surface area contributed by atoms with Crippen molar-refractivity contribution in [3.8, 4) is 0 Å². The van der Waals surface area contributed by atoms with Crippen LogP contribution in [0.15, 0.2) is 59.8 Å². The van der Waals surface area contributed by atoms with Gasteiger partial charge in [0, 0.05) is 19.2 Å². The van der Waals surface area contributed by atoms with E-state index < -0.39 is 5.97 Å². The molecule has 0 bridgehead atoms. The van der Waals surface area contributed by atoms with E-state index in [2.05, 4.69) is 15.5 Å². The standard InChI is InChI=1S/C22H24N4O3S/c1-15(2)29-21(28)17-10-7-11-18(13-17)23-20(27)14-30-22-25-24-19(26(22)3)12-16-8-5-4-6-9-16/h4-11,13,15H,12,14H2,1-3H3,(H,23,27). The van der Waals surface area contributed by atoms with E-state index in [1.54, 1.807) is 38.1 Å². The van der Waals surface area contributed by atoms with E-state index in [1.807, 2.05) is 41.9 Å². The first-order chi connectivity index (χ1) is 14.4. The molecule has 0 aliphatic heterocycles. The lowest BCUT2D eigenvalue weighted by Gasteiger charge is -2.10. The molecular formula is C22H24N4O3S. The Morgan fingerprint density at radius 3 is 2.60 bits per heavy atom. The Kier molecular flexibility index (Phi) is 7.24. The second-order valence-electron chi connectivity index (χ2n) is 6.99. The van der Waals surface area contributed by atoms with Gasteiger partial charge in [0.05, 0.1) is 17.4 Å². The van der Waals surface area contributed by atoms with Crippen LogP contribution in [-0.4, -0.2) is 38.5 Å². The summed E-state index contributed by atoms with van der Waals surface area (Å²) in [6.45, 7) is 3.58. The molecule has 0 aliphatic rings. The lowest BCUT2D eigenvalue weighted by Crippen LogP contribution is -2.16. The van der Waals surface area contributed by atoms with Crippen LogP contribution < -0.4 is 5.32 Å². The highest BCUT2D eigenvalue weighted by Gasteiger charge is 2.13. The predicted octanol–water partition coefficient (Wildman–Crippen LogP) is 3.70. The van der Waals surface area contributed by atoms with Gasteiger partial charge in [-0.3, -0.25) is 4.79 Å². The van der Waals surface area contributed by atoms with Crippen LogP contribution in [0.1, 0.15) is 35.6 Å². The minimum atomic E-state index is -0.416. The fourth-order valence-corrected chi connectivity index (χ4v) is 3.47. The van der Waals surface area contributed by atoms with Gasteiger partial charge in [0.1, 0.15) is 5.82 Å². The first kappa shape index (κ1) is 21.6. The fourth-order valence-electron chi connectivity index (χ4n) is 2.74. The van der Waals surface area contributed by atoms with Gasteiger partial charge < -0.3 is 14.6 Å². The molecule has 3 rings (SSSR count). The summed E-state index contributed by atoms with van der Waals surface area (Å²) in [5, 5.41) is 11.9. The molecule has 0 radical (unpaired) electrons. The van der Waals surface area contributed by atoms with Gasteiger partial charge in [0.2, 0.25) is 5.91 Å². The summed E-state index contributed by atoms with van der Waals surface area (Å²) in [6.07, 6.45) is 0.474. The van der Waals surface area contributed by atoms with Crippen LogP contribution in [0.4, 0.5) is 5.69 Å². The quantitative estimate of drug-likeness (QED) is 0.438. The normalized spacial score (nSPS) is 10.8. The van der Waals surface area contributed by atoms with E-state index in [-0.39, 0.29) is 17.8 Å². The Balaban J connectivity index is 1.56. The number of anilines is 1. The molecule has 0 fully saturated rings. The summed E-state index contributed by atoms with van der Waals surface area (Å²) in [7, 11) is 1.89. The molecule has 0 saturated carbocycles. The van der Waals surface area contributed by atoms with Crippen LogP contribution in [-0.2, 0) is 23.0 Å². The summed E-state index contributed by atoms with van der Waals surface area (Å²) in [4.78, 5) is 24.4. The zero-order valence-corrected chi connectivity index (χ0v) is 18.0. The van der Waals surface area contributed by atoms with Gasteiger partial charge in [-0.05, 0) is 37.6 Å². The molecule has 0 unspecified atom stereocenters. The van der Waals surface area contributed by atoms with Gasteiger partial charge >= 0.3 is 5.97 Å². The number of carbonyl (C=O) groups is 2.